The number of nitrogens with zero attached hydrogens (tertiary/aromatic N) is 2. The van der Waals surface area contributed by atoms with Gasteiger partial charge in [0.1, 0.15) is 17.1 Å². The van der Waals surface area contributed by atoms with E-state index in [-0.39, 0.29) is 29.1 Å². The molecule has 6 heteroatoms. The van der Waals surface area contributed by atoms with Crippen LogP contribution in [0.5, 0.6) is 11.5 Å². The second-order valence-corrected chi connectivity index (χ2v) is 6.31. The van der Waals surface area contributed by atoms with Gasteiger partial charge in [-0.05, 0) is 36.8 Å². The van der Waals surface area contributed by atoms with Crippen LogP contribution in [0.1, 0.15) is 34.5 Å². The number of carbonyl (C=O) groups is 1. The summed E-state index contributed by atoms with van der Waals surface area (Å²) in [6.45, 7) is 2.19. The number of phenols is 1. The van der Waals surface area contributed by atoms with E-state index in [1.54, 1.807) is 42.5 Å². The first-order valence-electron chi connectivity index (χ1n) is 8.26. The van der Waals surface area contributed by atoms with E-state index < -0.39 is 0 Å². The van der Waals surface area contributed by atoms with Gasteiger partial charge in [-0.2, -0.15) is 0 Å². The van der Waals surface area contributed by atoms with E-state index in [2.05, 4.69) is 4.98 Å². The number of fused-ring (bicyclic) bond motifs is 2. The van der Waals surface area contributed by atoms with Crippen molar-refractivity contribution in [3.63, 3.8) is 0 Å². The fraction of sp³-hybridized carbons (Fsp3) is 0.200. The molecule has 2 aromatic carbocycles. The smallest absolute Gasteiger partial charge is 0.259 e. The number of phenolic OH excluding ortho intramolecular Hbond substituents is 1. The molecule has 0 saturated heterocycles. The highest BCUT2D eigenvalue weighted by atomic mass is 19.1. The molecular weight excluding hydrogens is 335 g/mol. The van der Waals surface area contributed by atoms with Gasteiger partial charge < -0.3 is 14.7 Å². The highest BCUT2D eigenvalue weighted by Crippen LogP contribution is 2.48. The van der Waals surface area contributed by atoms with Crippen molar-refractivity contribution in [1.82, 2.24) is 9.88 Å². The number of pyridine rings is 1. The summed E-state index contributed by atoms with van der Waals surface area (Å²) in [6, 6.07) is 9.29. The first-order chi connectivity index (χ1) is 12.5. The summed E-state index contributed by atoms with van der Waals surface area (Å²) in [4.78, 5) is 18.9. The number of benzene rings is 2. The maximum absolute atomic E-state index is 13.1. The van der Waals surface area contributed by atoms with E-state index in [4.69, 9.17) is 4.74 Å². The Morgan fingerprint density at radius 1 is 1.27 bits per heavy atom. The van der Waals surface area contributed by atoms with Crippen LogP contribution in [-0.2, 0) is 6.54 Å². The summed E-state index contributed by atoms with van der Waals surface area (Å²) in [7, 11) is 1.54. The van der Waals surface area contributed by atoms with E-state index in [0.717, 1.165) is 5.56 Å². The fourth-order valence-corrected chi connectivity index (χ4v) is 3.59. The molecule has 0 bridgehead atoms. The number of hydrogen-bond acceptors (Lipinski definition) is 4. The molecule has 3 aromatic rings. The second kappa shape index (κ2) is 5.98. The molecule has 1 aliphatic heterocycles. The predicted octanol–water partition coefficient (Wildman–Crippen LogP) is 3.81. The van der Waals surface area contributed by atoms with Gasteiger partial charge in [-0.25, -0.2) is 4.39 Å². The highest BCUT2D eigenvalue weighted by Gasteiger charge is 2.40. The molecule has 0 saturated carbocycles. The molecule has 1 aromatic heterocycles. The highest BCUT2D eigenvalue weighted by molar-refractivity contribution is 6.09. The van der Waals surface area contributed by atoms with E-state index in [1.807, 2.05) is 6.92 Å². The molecule has 132 valence electrons. The van der Waals surface area contributed by atoms with E-state index in [1.165, 1.54) is 12.1 Å². The number of methoxy groups -OCH3 is 1. The van der Waals surface area contributed by atoms with Crippen LogP contribution in [0, 0.1) is 5.82 Å². The van der Waals surface area contributed by atoms with Crippen LogP contribution in [0.15, 0.2) is 42.6 Å². The summed E-state index contributed by atoms with van der Waals surface area (Å²) in [6.07, 6.45) is 1.56. The standard InChI is InChI=1S/C20H17FN2O3/c1-11-15-16(18(24)17-14(19(15)26-2)4-3-9-22-17)20(25)23(11)10-12-5-7-13(21)8-6-12/h3-9,11,24H,10H2,1-2H3. The van der Waals surface area contributed by atoms with Gasteiger partial charge in [0.05, 0.1) is 18.7 Å². The number of hydrogen-bond donors (Lipinski definition) is 1. The van der Waals surface area contributed by atoms with Crippen LogP contribution in [0.4, 0.5) is 4.39 Å². The molecule has 1 atom stereocenters. The van der Waals surface area contributed by atoms with Gasteiger partial charge in [0.15, 0.2) is 5.75 Å². The molecule has 0 radical (unpaired) electrons. The van der Waals surface area contributed by atoms with Crippen molar-refractivity contribution >= 4 is 16.8 Å². The van der Waals surface area contributed by atoms with Crippen molar-refractivity contribution in [2.75, 3.05) is 7.11 Å². The van der Waals surface area contributed by atoms with Crippen molar-refractivity contribution in [1.29, 1.82) is 0 Å². The molecule has 1 unspecified atom stereocenters. The largest absolute Gasteiger partial charge is 0.505 e. The Kier molecular flexibility index (Phi) is 3.76. The van der Waals surface area contributed by atoms with Gasteiger partial charge >= 0.3 is 0 Å². The first kappa shape index (κ1) is 16.3. The average molecular weight is 352 g/mol. The summed E-state index contributed by atoms with van der Waals surface area (Å²) < 4.78 is 18.7. The lowest BCUT2D eigenvalue weighted by molar-refractivity contribution is 0.0720. The third-order valence-electron chi connectivity index (χ3n) is 4.86. The summed E-state index contributed by atoms with van der Waals surface area (Å²) in [5.41, 5.74) is 2.02. The number of aromatic hydroxyl groups is 1. The number of halogens is 1. The molecule has 1 aliphatic rings. The molecule has 0 aliphatic carbocycles. The van der Waals surface area contributed by atoms with Crippen LogP contribution >= 0.6 is 0 Å². The van der Waals surface area contributed by atoms with Crippen LogP contribution in [0.2, 0.25) is 0 Å². The first-order valence-corrected chi connectivity index (χ1v) is 8.26. The Morgan fingerprint density at radius 2 is 2.00 bits per heavy atom. The Balaban J connectivity index is 1.85. The minimum Gasteiger partial charge on any atom is -0.505 e. The lowest BCUT2D eigenvalue weighted by atomic mass is 9.99. The number of carbonyl (C=O) groups excluding carboxylic acids is 1. The molecule has 1 N–H and O–H groups in total. The number of ether oxygens (including phenoxy) is 1. The minimum atomic E-state index is -0.325. The van der Waals surface area contributed by atoms with Crippen LogP contribution in [-0.4, -0.2) is 28.0 Å². The second-order valence-electron chi connectivity index (χ2n) is 6.31. The number of rotatable bonds is 3. The molecule has 0 spiro atoms. The van der Waals surface area contributed by atoms with Gasteiger partial charge in [0.2, 0.25) is 0 Å². The van der Waals surface area contributed by atoms with E-state index >= 15 is 0 Å². The zero-order chi connectivity index (χ0) is 18.4. The van der Waals surface area contributed by atoms with Gasteiger partial charge in [0, 0.05) is 23.7 Å². The van der Waals surface area contributed by atoms with Crippen molar-refractivity contribution in [3.05, 3.63) is 65.1 Å². The van der Waals surface area contributed by atoms with Crippen molar-refractivity contribution in [3.8, 4) is 11.5 Å². The number of aromatic nitrogens is 1. The maximum Gasteiger partial charge on any atom is 0.259 e. The Bertz CT molecular complexity index is 1020. The monoisotopic (exact) mass is 352 g/mol. The van der Waals surface area contributed by atoms with E-state index in [9.17, 15) is 14.3 Å². The molecule has 2 heterocycles. The summed E-state index contributed by atoms with van der Waals surface area (Å²) in [5.74, 6) is -0.201. The summed E-state index contributed by atoms with van der Waals surface area (Å²) in [5, 5.41) is 11.3. The summed E-state index contributed by atoms with van der Waals surface area (Å²) >= 11 is 0. The van der Waals surface area contributed by atoms with Gasteiger partial charge in [-0.1, -0.05) is 12.1 Å². The van der Waals surface area contributed by atoms with E-state index in [0.29, 0.717) is 28.8 Å². The van der Waals surface area contributed by atoms with Crippen molar-refractivity contribution in [2.45, 2.75) is 19.5 Å². The number of amides is 1. The molecule has 5 nitrogen and oxygen atoms in total. The Hall–Kier alpha value is -3.15. The molecule has 4 rings (SSSR count). The third-order valence-corrected chi connectivity index (χ3v) is 4.86. The molecule has 0 fully saturated rings. The third kappa shape index (κ3) is 2.29. The van der Waals surface area contributed by atoms with Crippen molar-refractivity contribution < 1.29 is 19.0 Å². The van der Waals surface area contributed by atoms with Crippen molar-refractivity contribution in [2.24, 2.45) is 0 Å². The minimum absolute atomic E-state index is 0.130. The zero-order valence-electron chi connectivity index (χ0n) is 14.4. The SMILES string of the molecule is COc1c2c(c(O)c3ncccc13)C(=O)N(Cc1ccc(F)cc1)C2C. The maximum atomic E-state index is 13.1. The normalized spacial score (nSPS) is 16.2. The fourth-order valence-electron chi connectivity index (χ4n) is 3.59. The van der Waals surface area contributed by atoms with Crippen LogP contribution in [0.25, 0.3) is 10.9 Å². The lowest BCUT2D eigenvalue weighted by Crippen LogP contribution is -2.26. The lowest BCUT2D eigenvalue weighted by Gasteiger charge is -2.23. The zero-order valence-corrected chi connectivity index (χ0v) is 14.4. The predicted molar refractivity (Wildman–Crippen MR) is 94.6 cm³/mol. The van der Waals surface area contributed by atoms with Crippen LogP contribution in [0.3, 0.4) is 0 Å². The van der Waals surface area contributed by atoms with Gasteiger partial charge in [-0.15, -0.1) is 0 Å². The average Bonchev–Trinajstić information content (AvgIpc) is 2.89. The quantitative estimate of drug-likeness (QED) is 0.779. The van der Waals surface area contributed by atoms with Gasteiger partial charge in [0.25, 0.3) is 5.91 Å². The molecule has 1 amide bonds. The Labute approximate surface area is 149 Å². The topological polar surface area (TPSA) is 62.7 Å². The Morgan fingerprint density at radius 3 is 2.69 bits per heavy atom. The molecular formula is C20H17FN2O3. The molecule has 26 heavy (non-hydrogen) atoms. The van der Waals surface area contributed by atoms with Crippen LogP contribution < -0.4 is 4.74 Å². The van der Waals surface area contributed by atoms with Gasteiger partial charge in [-0.3, -0.25) is 9.78 Å².